The van der Waals surface area contributed by atoms with Crippen LogP contribution >= 0.6 is 0 Å². The summed E-state index contributed by atoms with van der Waals surface area (Å²) in [5.41, 5.74) is 1.69. The Bertz CT molecular complexity index is 994. The van der Waals surface area contributed by atoms with Gasteiger partial charge in [-0.05, 0) is 19.1 Å². The van der Waals surface area contributed by atoms with E-state index in [1.807, 2.05) is 0 Å². The molecule has 144 valence electrons. The Morgan fingerprint density at radius 1 is 1.00 bits per heavy atom. The summed E-state index contributed by atoms with van der Waals surface area (Å²) in [6.07, 6.45) is 2.00. The number of aromatic nitrogens is 2. The van der Waals surface area contributed by atoms with Crippen LogP contribution in [0, 0.1) is 0 Å². The van der Waals surface area contributed by atoms with Crippen molar-refractivity contribution in [1.29, 1.82) is 0 Å². The first-order valence-corrected chi connectivity index (χ1v) is 8.46. The van der Waals surface area contributed by atoms with Crippen LogP contribution in [0.3, 0.4) is 0 Å². The van der Waals surface area contributed by atoms with Crippen molar-refractivity contribution in [2.24, 2.45) is 0 Å². The van der Waals surface area contributed by atoms with Crippen molar-refractivity contribution in [3.63, 3.8) is 0 Å². The van der Waals surface area contributed by atoms with Crippen molar-refractivity contribution in [3.05, 3.63) is 54.4 Å². The van der Waals surface area contributed by atoms with Crippen LogP contribution in [0.1, 0.15) is 17.3 Å². The number of fused-ring (bicyclic) bond motifs is 1. The molecule has 0 aliphatic heterocycles. The van der Waals surface area contributed by atoms with Crippen LogP contribution in [-0.4, -0.2) is 42.2 Å². The smallest absolute Gasteiger partial charge is 0.341 e. The topological polar surface area (TPSA) is 99.6 Å². The molecule has 28 heavy (non-hydrogen) atoms. The maximum atomic E-state index is 12.5. The monoisotopic (exact) mass is 381 g/mol. The second-order valence-corrected chi connectivity index (χ2v) is 5.87. The molecule has 0 bridgehead atoms. The lowest BCUT2D eigenvalue weighted by molar-refractivity contribution is -0.123. The fraction of sp³-hybridized carbons (Fsp3) is 0.200. The first kappa shape index (κ1) is 19.1. The van der Waals surface area contributed by atoms with Crippen LogP contribution in [-0.2, 0) is 9.53 Å². The molecule has 0 fully saturated rings. The second-order valence-electron chi connectivity index (χ2n) is 5.87. The molecule has 0 saturated carbocycles. The third-order valence-electron chi connectivity index (χ3n) is 3.99. The number of esters is 1. The lowest BCUT2D eigenvalue weighted by Crippen LogP contribution is -2.30. The van der Waals surface area contributed by atoms with Crippen LogP contribution in [0.5, 0.6) is 11.5 Å². The maximum Gasteiger partial charge on any atom is 0.341 e. The standard InChI is InChI=1S/C20H19N3O5/c1-12(19(24)23-13-9-14(26-2)11-15(10-13)27-3)28-20(25)16-5-4-6-17-18(16)22-8-7-21-17/h4-12H,1-3H3,(H,23,24). The SMILES string of the molecule is COc1cc(NC(=O)C(C)OC(=O)c2cccc3nccnc23)cc(OC)c1. The van der Waals surface area contributed by atoms with Crippen molar-refractivity contribution in [2.75, 3.05) is 19.5 Å². The highest BCUT2D eigenvalue weighted by molar-refractivity contribution is 6.03. The number of hydrogen-bond donors (Lipinski definition) is 1. The molecule has 8 heteroatoms. The third-order valence-corrected chi connectivity index (χ3v) is 3.99. The van der Waals surface area contributed by atoms with Crippen LogP contribution in [0.2, 0.25) is 0 Å². The molecule has 0 radical (unpaired) electrons. The fourth-order valence-electron chi connectivity index (χ4n) is 2.56. The van der Waals surface area contributed by atoms with Gasteiger partial charge in [0.25, 0.3) is 5.91 Å². The van der Waals surface area contributed by atoms with Crippen molar-refractivity contribution in [1.82, 2.24) is 9.97 Å². The summed E-state index contributed by atoms with van der Waals surface area (Å²) in [5, 5.41) is 2.68. The summed E-state index contributed by atoms with van der Waals surface area (Å²) in [6, 6.07) is 9.95. The third kappa shape index (κ3) is 4.17. The van der Waals surface area contributed by atoms with Gasteiger partial charge in [-0.3, -0.25) is 14.8 Å². The van der Waals surface area contributed by atoms with E-state index in [1.165, 1.54) is 33.5 Å². The quantitative estimate of drug-likeness (QED) is 0.655. The first-order valence-electron chi connectivity index (χ1n) is 8.46. The van der Waals surface area contributed by atoms with Crippen LogP contribution in [0.15, 0.2) is 48.8 Å². The summed E-state index contributed by atoms with van der Waals surface area (Å²) >= 11 is 0. The van der Waals surface area contributed by atoms with Gasteiger partial charge in [0.2, 0.25) is 0 Å². The van der Waals surface area contributed by atoms with Gasteiger partial charge in [0.1, 0.15) is 17.0 Å². The van der Waals surface area contributed by atoms with Gasteiger partial charge in [0.05, 0.1) is 25.3 Å². The number of carbonyl (C=O) groups is 2. The Morgan fingerprint density at radius 2 is 1.68 bits per heavy atom. The summed E-state index contributed by atoms with van der Waals surface area (Å²) in [7, 11) is 3.02. The van der Waals surface area contributed by atoms with E-state index in [1.54, 1.807) is 36.4 Å². The molecule has 3 rings (SSSR count). The highest BCUT2D eigenvalue weighted by atomic mass is 16.5. The lowest BCUT2D eigenvalue weighted by atomic mass is 10.2. The van der Waals surface area contributed by atoms with Crippen LogP contribution in [0.25, 0.3) is 11.0 Å². The largest absolute Gasteiger partial charge is 0.497 e. The van der Waals surface area contributed by atoms with Crippen molar-refractivity contribution < 1.29 is 23.8 Å². The number of nitrogens with one attached hydrogen (secondary N) is 1. The second kappa shape index (κ2) is 8.34. The number of ether oxygens (including phenoxy) is 3. The van der Waals surface area contributed by atoms with E-state index >= 15 is 0 Å². The zero-order chi connectivity index (χ0) is 20.1. The number of carbonyl (C=O) groups excluding carboxylic acids is 2. The molecule has 1 N–H and O–H groups in total. The van der Waals surface area contributed by atoms with Crippen LogP contribution < -0.4 is 14.8 Å². The highest BCUT2D eigenvalue weighted by Gasteiger charge is 2.21. The average Bonchev–Trinajstić information content (AvgIpc) is 2.72. The Labute approximate surface area is 161 Å². The minimum atomic E-state index is -1.03. The zero-order valence-electron chi connectivity index (χ0n) is 15.6. The molecule has 1 aromatic heterocycles. The summed E-state index contributed by atoms with van der Waals surface area (Å²) in [6.45, 7) is 1.49. The van der Waals surface area contributed by atoms with Gasteiger partial charge in [-0.1, -0.05) is 6.07 Å². The minimum Gasteiger partial charge on any atom is -0.497 e. The Morgan fingerprint density at radius 3 is 2.36 bits per heavy atom. The zero-order valence-corrected chi connectivity index (χ0v) is 15.6. The Hall–Kier alpha value is -3.68. The average molecular weight is 381 g/mol. The number of amides is 1. The predicted molar refractivity (Wildman–Crippen MR) is 103 cm³/mol. The highest BCUT2D eigenvalue weighted by Crippen LogP contribution is 2.26. The van der Waals surface area contributed by atoms with E-state index in [0.29, 0.717) is 28.2 Å². The minimum absolute atomic E-state index is 0.244. The normalized spacial score (nSPS) is 11.5. The van der Waals surface area contributed by atoms with E-state index in [2.05, 4.69) is 15.3 Å². The predicted octanol–water partition coefficient (Wildman–Crippen LogP) is 2.83. The molecule has 2 aromatic carbocycles. The number of rotatable bonds is 6. The van der Waals surface area contributed by atoms with Crippen molar-refractivity contribution in [2.45, 2.75) is 13.0 Å². The Balaban J connectivity index is 1.73. The van der Waals surface area contributed by atoms with Gasteiger partial charge in [-0.2, -0.15) is 0 Å². The lowest BCUT2D eigenvalue weighted by Gasteiger charge is -2.15. The number of nitrogens with zero attached hydrogens (tertiary/aromatic N) is 2. The fourth-order valence-corrected chi connectivity index (χ4v) is 2.56. The first-order chi connectivity index (χ1) is 13.5. The molecular formula is C20H19N3O5. The molecule has 1 amide bonds. The van der Waals surface area contributed by atoms with Gasteiger partial charge in [-0.15, -0.1) is 0 Å². The maximum absolute atomic E-state index is 12.5. The molecular weight excluding hydrogens is 362 g/mol. The molecule has 8 nitrogen and oxygen atoms in total. The van der Waals surface area contributed by atoms with Gasteiger partial charge in [0, 0.05) is 36.3 Å². The van der Waals surface area contributed by atoms with E-state index in [-0.39, 0.29) is 5.56 Å². The van der Waals surface area contributed by atoms with Gasteiger partial charge in [0.15, 0.2) is 6.10 Å². The molecule has 0 saturated heterocycles. The van der Waals surface area contributed by atoms with Crippen LogP contribution in [0.4, 0.5) is 5.69 Å². The van der Waals surface area contributed by atoms with Gasteiger partial charge in [-0.25, -0.2) is 4.79 Å². The molecule has 1 atom stereocenters. The number of para-hydroxylation sites is 1. The molecule has 3 aromatic rings. The molecule has 0 aliphatic carbocycles. The molecule has 0 aliphatic rings. The molecule has 1 heterocycles. The van der Waals surface area contributed by atoms with E-state index < -0.39 is 18.0 Å². The number of methoxy groups -OCH3 is 2. The number of anilines is 1. The summed E-state index contributed by atoms with van der Waals surface area (Å²) in [5.74, 6) is -0.103. The number of benzene rings is 2. The van der Waals surface area contributed by atoms with E-state index in [4.69, 9.17) is 14.2 Å². The summed E-state index contributed by atoms with van der Waals surface area (Å²) < 4.78 is 15.7. The number of hydrogen-bond acceptors (Lipinski definition) is 7. The summed E-state index contributed by atoms with van der Waals surface area (Å²) in [4.78, 5) is 33.3. The van der Waals surface area contributed by atoms with E-state index in [0.717, 1.165) is 0 Å². The molecule has 0 spiro atoms. The van der Waals surface area contributed by atoms with E-state index in [9.17, 15) is 9.59 Å². The molecule has 1 unspecified atom stereocenters. The van der Waals surface area contributed by atoms with Crippen molar-refractivity contribution >= 4 is 28.6 Å². The Kier molecular flexibility index (Phi) is 5.69. The van der Waals surface area contributed by atoms with Gasteiger partial charge >= 0.3 is 5.97 Å². The van der Waals surface area contributed by atoms with Crippen molar-refractivity contribution in [3.8, 4) is 11.5 Å². The van der Waals surface area contributed by atoms with Gasteiger partial charge < -0.3 is 19.5 Å².